The molecular weight excluding hydrogens is 354 g/mol. The number of hydrogen-bond donors (Lipinski definition) is 1. The number of benzene rings is 1. The Labute approximate surface area is 155 Å². The van der Waals surface area contributed by atoms with Crippen molar-refractivity contribution in [3.63, 3.8) is 0 Å². The van der Waals surface area contributed by atoms with E-state index in [1.165, 1.54) is 25.3 Å². The summed E-state index contributed by atoms with van der Waals surface area (Å²) in [6.45, 7) is 0.358. The lowest BCUT2D eigenvalue weighted by Crippen LogP contribution is -2.44. The number of piperidine rings is 1. The van der Waals surface area contributed by atoms with E-state index >= 15 is 0 Å². The number of carboxylic acid groups (broad SMARTS) is 1. The molecule has 0 spiro atoms. The number of likely N-dealkylation sites (tertiary alicyclic amines) is 1. The number of carbonyl (C=O) groups is 2. The maximum atomic E-state index is 12.9. The largest absolute Gasteiger partial charge is 0.493 e. The van der Waals surface area contributed by atoms with E-state index in [-0.39, 0.29) is 30.1 Å². The van der Waals surface area contributed by atoms with Crippen LogP contribution < -0.4 is 15.0 Å². The van der Waals surface area contributed by atoms with Crippen molar-refractivity contribution < 1.29 is 24.2 Å². The first kappa shape index (κ1) is 18.7. The molecule has 2 heterocycles. The lowest BCUT2D eigenvalue weighted by molar-refractivity contribution is -0.145. The van der Waals surface area contributed by atoms with Crippen molar-refractivity contribution >= 4 is 22.6 Å². The highest BCUT2D eigenvalue weighted by Crippen LogP contribution is 2.32. The Bertz CT molecular complexity index is 939. The fourth-order valence-electron chi connectivity index (χ4n) is 3.33. The quantitative estimate of drug-likeness (QED) is 0.820. The Balaban J connectivity index is 1.91. The van der Waals surface area contributed by atoms with Gasteiger partial charge in [0.25, 0.3) is 5.56 Å². The summed E-state index contributed by atoms with van der Waals surface area (Å²) in [5, 5.41) is 14.1. The lowest BCUT2D eigenvalue weighted by atomic mass is 9.98. The van der Waals surface area contributed by atoms with E-state index < -0.39 is 17.4 Å². The van der Waals surface area contributed by atoms with Gasteiger partial charge in [-0.05, 0) is 25.0 Å². The fourth-order valence-corrected chi connectivity index (χ4v) is 3.33. The zero-order chi connectivity index (χ0) is 19.6. The number of carbonyl (C=O) groups excluding carboxylic acids is 1. The Morgan fingerprint density at radius 3 is 2.74 bits per heavy atom. The van der Waals surface area contributed by atoms with Crippen LogP contribution in [-0.4, -0.2) is 59.0 Å². The van der Waals surface area contributed by atoms with Crippen LogP contribution in [0.1, 0.15) is 12.8 Å². The molecule has 1 fully saturated rings. The minimum Gasteiger partial charge on any atom is -0.493 e. The summed E-state index contributed by atoms with van der Waals surface area (Å²) in [7, 11) is 2.91. The summed E-state index contributed by atoms with van der Waals surface area (Å²) in [5.74, 6) is -1.13. The van der Waals surface area contributed by atoms with Crippen molar-refractivity contribution in [3.8, 4) is 11.5 Å². The van der Waals surface area contributed by atoms with E-state index in [2.05, 4.69) is 5.10 Å². The van der Waals surface area contributed by atoms with Crippen molar-refractivity contribution in [1.82, 2.24) is 14.7 Å². The van der Waals surface area contributed by atoms with E-state index in [0.29, 0.717) is 30.5 Å². The maximum Gasteiger partial charge on any atom is 0.308 e. The Morgan fingerprint density at radius 2 is 2.07 bits per heavy atom. The molecule has 1 aromatic carbocycles. The van der Waals surface area contributed by atoms with Crippen molar-refractivity contribution in [2.45, 2.75) is 19.4 Å². The standard InChI is InChI=1S/C18H21N3O6/c1-26-13-6-5-11-8-19-21(17(23)15(11)16(13)27-2)10-14(22)20-7-3-4-12(9-20)18(24)25/h5-6,8,12H,3-4,7,9-10H2,1-2H3,(H,24,25). The highest BCUT2D eigenvalue weighted by Gasteiger charge is 2.28. The van der Waals surface area contributed by atoms with Crippen LogP contribution in [0.4, 0.5) is 0 Å². The van der Waals surface area contributed by atoms with Crippen LogP contribution in [0.25, 0.3) is 10.8 Å². The smallest absolute Gasteiger partial charge is 0.308 e. The second-order valence-electron chi connectivity index (χ2n) is 6.39. The molecule has 0 radical (unpaired) electrons. The first-order chi connectivity index (χ1) is 13.0. The van der Waals surface area contributed by atoms with Gasteiger partial charge in [-0.1, -0.05) is 0 Å². The molecule has 1 N–H and O–H groups in total. The molecule has 1 aliphatic rings. The van der Waals surface area contributed by atoms with E-state index in [4.69, 9.17) is 14.6 Å². The van der Waals surface area contributed by atoms with Crippen LogP contribution >= 0.6 is 0 Å². The Morgan fingerprint density at radius 1 is 1.30 bits per heavy atom. The second kappa shape index (κ2) is 7.65. The summed E-state index contributed by atoms with van der Waals surface area (Å²) in [4.78, 5) is 38.1. The number of aromatic nitrogens is 2. The summed E-state index contributed by atoms with van der Waals surface area (Å²) in [5.41, 5.74) is -0.469. The van der Waals surface area contributed by atoms with Crippen LogP contribution in [0.3, 0.4) is 0 Å². The SMILES string of the molecule is COc1ccc2cnn(CC(=O)N3CCCC(C(=O)O)C3)c(=O)c2c1OC. The van der Waals surface area contributed by atoms with Gasteiger partial charge in [-0.15, -0.1) is 0 Å². The van der Waals surface area contributed by atoms with E-state index in [9.17, 15) is 14.4 Å². The highest BCUT2D eigenvalue weighted by molar-refractivity contribution is 5.89. The molecule has 0 bridgehead atoms. The number of amides is 1. The molecule has 1 unspecified atom stereocenters. The topological polar surface area (TPSA) is 111 Å². The Kier molecular flexibility index (Phi) is 5.29. The minimum absolute atomic E-state index is 0.146. The van der Waals surface area contributed by atoms with Gasteiger partial charge in [0, 0.05) is 18.5 Å². The van der Waals surface area contributed by atoms with Crippen LogP contribution in [0.5, 0.6) is 11.5 Å². The normalized spacial score (nSPS) is 17.0. The summed E-state index contributed by atoms with van der Waals surface area (Å²) >= 11 is 0. The van der Waals surface area contributed by atoms with Crippen molar-refractivity contribution in [3.05, 3.63) is 28.7 Å². The van der Waals surface area contributed by atoms with Crippen LogP contribution in [0.15, 0.2) is 23.1 Å². The van der Waals surface area contributed by atoms with Gasteiger partial charge in [-0.3, -0.25) is 14.4 Å². The summed E-state index contributed by atoms with van der Waals surface area (Å²) < 4.78 is 11.6. The zero-order valence-corrected chi connectivity index (χ0v) is 15.2. The van der Waals surface area contributed by atoms with Gasteiger partial charge in [-0.25, -0.2) is 4.68 Å². The van der Waals surface area contributed by atoms with Gasteiger partial charge >= 0.3 is 5.97 Å². The van der Waals surface area contributed by atoms with Crippen molar-refractivity contribution in [2.24, 2.45) is 5.92 Å². The van der Waals surface area contributed by atoms with Crippen LogP contribution in [0.2, 0.25) is 0 Å². The van der Waals surface area contributed by atoms with E-state index in [1.54, 1.807) is 12.1 Å². The van der Waals surface area contributed by atoms with Crippen LogP contribution in [0, 0.1) is 5.92 Å². The van der Waals surface area contributed by atoms with Crippen molar-refractivity contribution in [2.75, 3.05) is 27.3 Å². The molecule has 1 saturated heterocycles. The fraction of sp³-hybridized carbons (Fsp3) is 0.444. The number of ether oxygens (including phenoxy) is 2. The van der Waals surface area contributed by atoms with Gasteiger partial charge in [0.05, 0.1) is 31.7 Å². The molecule has 1 atom stereocenters. The summed E-state index contributed by atoms with van der Waals surface area (Å²) in [6.07, 6.45) is 2.65. The summed E-state index contributed by atoms with van der Waals surface area (Å²) in [6, 6.07) is 3.37. The monoisotopic (exact) mass is 375 g/mol. The molecule has 0 aliphatic carbocycles. The predicted octanol–water partition coefficient (Wildman–Crippen LogP) is 0.737. The molecule has 1 aliphatic heterocycles. The number of methoxy groups -OCH3 is 2. The molecule has 3 rings (SSSR count). The minimum atomic E-state index is -0.912. The van der Waals surface area contributed by atoms with Gasteiger partial charge in [0.2, 0.25) is 5.91 Å². The highest BCUT2D eigenvalue weighted by atomic mass is 16.5. The van der Waals surface area contributed by atoms with Gasteiger partial charge in [0.15, 0.2) is 11.5 Å². The van der Waals surface area contributed by atoms with Crippen molar-refractivity contribution in [1.29, 1.82) is 0 Å². The number of carboxylic acids is 1. The molecule has 1 amide bonds. The number of fused-ring (bicyclic) bond motifs is 1. The third-order valence-electron chi connectivity index (χ3n) is 4.77. The molecule has 2 aromatic rings. The van der Waals surface area contributed by atoms with Gasteiger partial charge in [0.1, 0.15) is 6.54 Å². The average molecular weight is 375 g/mol. The molecule has 144 valence electrons. The second-order valence-corrected chi connectivity index (χ2v) is 6.39. The Hall–Kier alpha value is -3.10. The molecule has 27 heavy (non-hydrogen) atoms. The molecule has 1 aromatic heterocycles. The third-order valence-corrected chi connectivity index (χ3v) is 4.77. The molecule has 9 heteroatoms. The number of nitrogens with zero attached hydrogens (tertiary/aromatic N) is 3. The van der Waals surface area contributed by atoms with Crippen LogP contribution in [-0.2, 0) is 16.1 Å². The van der Waals surface area contributed by atoms with Gasteiger partial charge < -0.3 is 19.5 Å². The molecular formula is C18H21N3O6. The number of aliphatic carboxylic acids is 1. The lowest BCUT2D eigenvalue weighted by Gasteiger charge is -2.30. The third kappa shape index (κ3) is 3.57. The molecule has 9 nitrogen and oxygen atoms in total. The predicted molar refractivity (Wildman–Crippen MR) is 96.0 cm³/mol. The zero-order valence-electron chi connectivity index (χ0n) is 15.2. The number of hydrogen-bond acceptors (Lipinski definition) is 6. The first-order valence-corrected chi connectivity index (χ1v) is 8.57. The number of rotatable bonds is 5. The first-order valence-electron chi connectivity index (χ1n) is 8.57. The average Bonchev–Trinajstić information content (AvgIpc) is 2.69. The maximum absolute atomic E-state index is 12.9. The molecule has 0 saturated carbocycles. The van der Waals surface area contributed by atoms with E-state index in [0.717, 1.165) is 4.68 Å². The van der Waals surface area contributed by atoms with E-state index in [1.807, 2.05) is 0 Å². The van der Waals surface area contributed by atoms with Gasteiger partial charge in [-0.2, -0.15) is 5.10 Å².